The zero-order valence-corrected chi connectivity index (χ0v) is 6.56. The third kappa shape index (κ3) is 1.51. The summed E-state index contributed by atoms with van der Waals surface area (Å²) in [5.74, 6) is 0. The number of allylic oxidation sites excluding steroid dienone is 1. The maximum atomic E-state index is 8.40. The van der Waals surface area contributed by atoms with Crippen LogP contribution in [-0.4, -0.2) is 0 Å². The Bertz CT molecular complexity index is 305. The molecule has 0 atom stereocenters. The van der Waals surface area contributed by atoms with E-state index in [1.54, 1.807) is 6.07 Å². The summed E-state index contributed by atoms with van der Waals surface area (Å²) >= 11 is 1.46. The molecule has 0 fully saturated rings. The van der Waals surface area contributed by atoms with Crippen LogP contribution < -0.4 is 11.5 Å². The molecule has 0 unspecified atom stereocenters. The molecule has 1 heterocycles. The van der Waals surface area contributed by atoms with E-state index in [4.69, 9.17) is 16.7 Å². The fourth-order valence-electron chi connectivity index (χ4n) is 0.625. The Balaban J connectivity index is 3.05. The molecule has 0 saturated heterocycles. The summed E-state index contributed by atoms with van der Waals surface area (Å²) in [5.41, 5.74) is 11.3. The smallest absolute Gasteiger partial charge is 0.135 e. The molecule has 3 nitrogen and oxygen atoms in total. The molecule has 0 aliphatic heterocycles. The van der Waals surface area contributed by atoms with Gasteiger partial charge in [-0.1, -0.05) is 6.07 Å². The first-order valence-electron chi connectivity index (χ1n) is 2.95. The molecule has 0 spiro atoms. The van der Waals surface area contributed by atoms with Gasteiger partial charge in [-0.3, -0.25) is 0 Å². The minimum atomic E-state index is 0.0763. The molecule has 0 radical (unpaired) electrons. The highest BCUT2D eigenvalue weighted by Crippen LogP contribution is 2.16. The van der Waals surface area contributed by atoms with E-state index < -0.39 is 0 Å². The summed E-state index contributed by atoms with van der Waals surface area (Å²) in [5, 5.41) is 10.3. The van der Waals surface area contributed by atoms with Gasteiger partial charge in [-0.25, -0.2) is 0 Å². The summed E-state index contributed by atoms with van der Waals surface area (Å²) < 4.78 is 0. The lowest BCUT2D eigenvalue weighted by Crippen LogP contribution is -2.05. The third-order valence-corrected chi connectivity index (χ3v) is 2.10. The Morgan fingerprint density at radius 1 is 1.55 bits per heavy atom. The summed E-state index contributed by atoms with van der Waals surface area (Å²) in [4.78, 5) is 0.837. The highest BCUT2D eigenvalue weighted by atomic mass is 32.1. The number of nitrogens with two attached hydrogens (primary N) is 2. The van der Waals surface area contributed by atoms with Gasteiger partial charge >= 0.3 is 0 Å². The first-order chi connectivity index (χ1) is 5.25. The average Bonchev–Trinajstić information content (AvgIpc) is 2.53. The molecular formula is C7H7N3S. The lowest BCUT2D eigenvalue weighted by Gasteiger charge is -1.95. The largest absolute Gasteiger partial charge is 0.395 e. The molecule has 0 bridgehead atoms. The molecule has 4 heteroatoms. The van der Waals surface area contributed by atoms with Crippen LogP contribution in [0.5, 0.6) is 0 Å². The second-order valence-electron chi connectivity index (χ2n) is 1.92. The van der Waals surface area contributed by atoms with Crippen LogP contribution in [0.25, 0.3) is 5.70 Å². The highest BCUT2D eigenvalue weighted by molar-refractivity contribution is 7.11. The monoisotopic (exact) mass is 165 g/mol. The van der Waals surface area contributed by atoms with Gasteiger partial charge in [0.1, 0.15) is 11.8 Å². The van der Waals surface area contributed by atoms with Gasteiger partial charge in [-0.05, 0) is 11.4 Å². The maximum Gasteiger partial charge on any atom is 0.135 e. The lowest BCUT2D eigenvalue weighted by molar-refractivity contribution is 1.36. The normalized spacial score (nSPS) is 11.9. The van der Waals surface area contributed by atoms with Crippen LogP contribution in [0.15, 0.2) is 23.2 Å². The number of rotatable bonds is 1. The van der Waals surface area contributed by atoms with Crippen molar-refractivity contribution < 1.29 is 0 Å². The first kappa shape index (κ1) is 7.63. The van der Waals surface area contributed by atoms with Crippen LogP contribution in [0.3, 0.4) is 0 Å². The van der Waals surface area contributed by atoms with Crippen molar-refractivity contribution in [3.8, 4) is 6.07 Å². The summed E-state index contributed by atoms with van der Waals surface area (Å²) in [7, 11) is 0. The molecule has 4 N–H and O–H groups in total. The molecule has 1 rings (SSSR count). The fraction of sp³-hybridized carbons (Fsp3) is 0. The Kier molecular flexibility index (Phi) is 2.14. The zero-order chi connectivity index (χ0) is 8.27. The lowest BCUT2D eigenvalue weighted by atomic mass is 10.3. The SMILES string of the molecule is N#CC(N)=C(N)c1cccs1. The van der Waals surface area contributed by atoms with E-state index in [1.807, 2.05) is 17.5 Å². The van der Waals surface area contributed by atoms with E-state index in [0.29, 0.717) is 5.70 Å². The van der Waals surface area contributed by atoms with Crippen LogP contribution in [0.2, 0.25) is 0 Å². The van der Waals surface area contributed by atoms with Crippen molar-refractivity contribution in [2.75, 3.05) is 0 Å². The minimum Gasteiger partial charge on any atom is -0.395 e. The van der Waals surface area contributed by atoms with Crippen LogP contribution in [0, 0.1) is 11.3 Å². The van der Waals surface area contributed by atoms with Gasteiger partial charge in [0.05, 0.1) is 10.6 Å². The molecule has 1 aromatic rings. The number of nitrogens with zero attached hydrogens (tertiary/aromatic N) is 1. The third-order valence-electron chi connectivity index (χ3n) is 1.20. The van der Waals surface area contributed by atoms with Gasteiger partial charge < -0.3 is 11.5 Å². The van der Waals surface area contributed by atoms with Crippen LogP contribution in [-0.2, 0) is 0 Å². The number of hydrogen-bond donors (Lipinski definition) is 2. The van der Waals surface area contributed by atoms with E-state index in [9.17, 15) is 0 Å². The molecule has 0 aromatic carbocycles. The standard InChI is InChI=1S/C7H7N3S/c8-4-5(9)7(10)6-2-1-3-11-6/h1-3H,9-10H2. The number of thiophene rings is 1. The van der Waals surface area contributed by atoms with Crippen molar-refractivity contribution in [1.29, 1.82) is 5.26 Å². The average molecular weight is 165 g/mol. The predicted octanol–water partition coefficient (Wildman–Crippen LogP) is 0.858. The van der Waals surface area contributed by atoms with Crippen LogP contribution >= 0.6 is 11.3 Å². The van der Waals surface area contributed by atoms with E-state index >= 15 is 0 Å². The Labute approximate surface area is 68.5 Å². The Morgan fingerprint density at radius 3 is 2.73 bits per heavy atom. The highest BCUT2D eigenvalue weighted by Gasteiger charge is 2.01. The van der Waals surface area contributed by atoms with Crippen molar-refractivity contribution in [3.05, 3.63) is 28.1 Å². The van der Waals surface area contributed by atoms with Gasteiger partial charge in [-0.2, -0.15) is 5.26 Å². The topological polar surface area (TPSA) is 75.8 Å². The van der Waals surface area contributed by atoms with Crippen LogP contribution in [0.1, 0.15) is 4.88 Å². The Hall–Kier alpha value is -1.47. The summed E-state index contributed by atoms with van der Waals surface area (Å²) in [6, 6.07) is 5.47. The van der Waals surface area contributed by atoms with Crippen molar-refractivity contribution in [1.82, 2.24) is 0 Å². The molecule has 0 aliphatic rings. The van der Waals surface area contributed by atoms with Gasteiger partial charge in [0, 0.05) is 0 Å². The number of nitriles is 1. The van der Waals surface area contributed by atoms with Crippen molar-refractivity contribution >= 4 is 17.0 Å². The van der Waals surface area contributed by atoms with E-state index in [-0.39, 0.29) is 5.70 Å². The van der Waals surface area contributed by atoms with E-state index in [2.05, 4.69) is 0 Å². The molecule has 0 aliphatic carbocycles. The van der Waals surface area contributed by atoms with E-state index in [0.717, 1.165) is 4.88 Å². The van der Waals surface area contributed by atoms with Crippen molar-refractivity contribution in [2.45, 2.75) is 0 Å². The predicted molar refractivity (Wildman–Crippen MR) is 45.2 cm³/mol. The number of hydrogen-bond acceptors (Lipinski definition) is 4. The molecule has 1 aromatic heterocycles. The minimum absolute atomic E-state index is 0.0763. The second kappa shape index (κ2) is 3.08. The second-order valence-corrected chi connectivity index (χ2v) is 2.86. The summed E-state index contributed by atoms with van der Waals surface area (Å²) in [6.45, 7) is 0. The van der Waals surface area contributed by atoms with Gasteiger partial charge in [0.15, 0.2) is 0 Å². The van der Waals surface area contributed by atoms with Crippen molar-refractivity contribution in [3.63, 3.8) is 0 Å². The maximum absolute atomic E-state index is 8.40. The van der Waals surface area contributed by atoms with Crippen LogP contribution in [0.4, 0.5) is 0 Å². The quantitative estimate of drug-likeness (QED) is 0.606. The van der Waals surface area contributed by atoms with E-state index in [1.165, 1.54) is 11.3 Å². The molecule has 11 heavy (non-hydrogen) atoms. The summed E-state index contributed by atoms with van der Waals surface area (Å²) in [6.07, 6.45) is 0. The first-order valence-corrected chi connectivity index (χ1v) is 3.83. The molecule has 0 saturated carbocycles. The van der Waals surface area contributed by atoms with Crippen molar-refractivity contribution in [2.24, 2.45) is 11.5 Å². The molecule has 0 amide bonds. The van der Waals surface area contributed by atoms with Gasteiger partial charge in [-0.15, -0.1) is 11.3 Å². The fourth-order valence-corrected chi connectivity index (χ4v) is 1.32. The zero-order valence-electron chi connectivity index (χ0n) is 5.74. The Morgan fingerprint density at radius 2 is 2.27 bits per heavy atom. The van der Waals surface area contributed by atoms with Gasteiger partial charge in [0.2, 0.25) is 0 Å². The van der Waals surface area contributed by atoms with Gasteiger partial charge in [0.25, 0.3) is 0 Å². The molecule has 56 valence electrons. The molecular weight excluding hydrogens is 158 g/mol.